The molecule has 0 saturated carbocycles. The number of piperazine rings is 1. The van der Waals surface area contributed by atoms with Crippen molar-refractivity contribution in [2.45, 2.75) is 6.54 Å². The molecule has 0 atom stereocenters. The molecule has 3 aromatic rings. The maximum absolute atomic E-state index is 14.2. The van der Waals surface area contributed by atoms with E-state index in [1.165, 1.54) is 23.0 Å². The number of nitrogens with one attached hydrogen (secondary N) is 1. The summed E-state index contributed by atoms with van der Waals surface area (Å²) in [6, 6.07) is 10.7. The van der Waals surface area contributed by atoms with Gasteiger partial charge in [-0.2, -0.15) is 5.26 Å². The predicted octanol–water partition coefficient (Wildman–Crippen LogP) is 3.61. The molecule has 1 fully saturated rings. The number of thiazole rings is 1. The number of hydrogen-bond acceptors (Lipinski definition) is 7. The molecule has 1 N–H and O–H groups in total. The number of nitriles is 1. The summed E-state index contributed by atoms with van der Waals surface area (Å²) >= 11 is 1.53. The van der Waals surface area contributed by atoms with E-state index >= 15 is 0 Å². The van der Waals surface area contributed by atoms with Gasteiger partial charge in [-0.1, -0.05) is 0 Å². The van der Waals surface area contributed by atoms with Gasteiger partial charge in [0, 0.05) is 50.5 Å². The van der Waals surface area contributed by atoms with Crippen LogP contribution >= 0.6 is 11.3 Å². The van der Waals surface area contributed by atoms with E-state index in [0.29, 0.717) is 11.3 Å². The Morgan fingerprint density at radius 1 is 1.11 bits per heavy atom. The van der Waals surface area contributed by atoms with E-state index in [0.717, 1.165) is 43.7 Å². The van der Waals surface area contributed by atoms with Crippen LogP contribution in [0.2, 0.25) is 0 Å². The molecule has 6 nitrogen and oxygen atoms in total. The van der Waals surface area contributed by atoms with Crippen molar-refractivity contribution in [2.24, 2.45) is 0 Å². The lowest BCUT2D eigenvalue weighted by atomic mass is 10.1. The van der Waals surface area contributed by atoms with Crippen molar-refractivity contribution < 1.29 is 4.39 Å². The van der Waals surface area contributed by atoms with Gasteiger partial charge in [0.1, 0.15) is 11.6 Å². The highest BCUT2D eigenvalue weighted by Gasteiger charge is 2.20. The van der Waals surface area contributed by atoms with Crippen LogP contribution in [0.15, 0.2) is 48.1 Å². The number of hydrogen-bond donors (Lipinski definition) is 1. The third-order valence-electron chi connectivity index (χ3n) is 4.69. The minimum absolute atomic E-state index is 0.334. The standard InChI is InChI=1S/C20H19FN6S/c21-17-11-15(13-22)1-2-18(17)27-8-6-26(7-9-27)14-16-3-4-23-19(12-16)25-20-24-5-10-28-20/h1-5,10-12H,6-9,14H2,(H,23,24,25). The van der Waals surface area contributed by atoms with Crippen molar-refractivity contribution in [1.82, 2.24) is 14.9 Å². The maximum atomic E-state index is 14.2. The van der Waals surface area contributed by atoms with Gasteiger partial charge in [-0.3, -0.25) is 4.90 Å². The summed E-state index contributed by atoms with van der Waals surface area (Å²) in [5.41, 5.74) is 2.09. The Balaban J connectivity index is 1.35. The summed E-state index contributed by atoms with van der Waals surface area (Å²) in [6.45, 7) is 4.00. The highest BCUT2D eigenvalue weighted by atomic mass is 32.1. The Kier molecular flexibility index (Phi) is 5.46. The Hall–Kier alpha value is -3.02. The quantitative estimate of drug-likeness (QED) is 0.713. The van der Waals surface area contributed by atoms with Gasteiger partial charge in [-0.05, 0) is 35.9 Å². The first kappa shape index (κ1) is 18.3. The second-order valence-corrected chi connectivity index (χ2v) is 7.45. The molecule has 1 saturated heterocycles. The van der Waals surface area contributed by atoms with Crippen LogP contribution in [0, 0.1) is 17.1 Å². The fraction of sp³-hybridized carbons (Fsp3) is 0.250. The molecule has 4 rings (SSSR count). The van der Waals surface area contributed by atoms with E-state index in [2.05, 4.69) is 20.2 Å². The molecule has 0 bridgehead atoms. The monoisotopic (exact) mass is 394 g/mol. The minimum Gasteiger partial charge on any atom is -0.367 e. The fourth-order valence-electron chi connectivity index (χ4n) is 3.27. The van der Waals surface area contributed by atoms with Gasteiger partial charge in [0.25, 0.3) is 0 Å². The number of halogens is 1. The molecule has 1 aliphatic heterocycles. The van der Waals surface area contributed by atoms with Crippen LogP contribution < -0.4 is 10.2 Å². The molecule has 1 aromatic carbocycles. The van der Waals surface area contributed by atoms with Crippen LogP contribution in [0.1, 0.15) is 11.1 Å². The average Bonchev–Trinajstić information content (AvgIpc) is 3.22. The zero-order valence-electron chi connectivity index (χ0n) is 15.2. The van der Waals surface area contributed by atoms with Crippen LogP contribution in [0.5, 0.6) is 0 Å². The number of aromatic nitrogens is 2. The molecule has 1 aliphatic rings. The summed E-state index contributed by atoms with van der Waals surface area (Å²) in [7, 11) is 0. The predicted molar refractivity (Wildman–Crippen MR) is 108 cm³/mol. The average molecular weight is 394 g/mol. The van der Waals surface area contributed by atoms with Crippen LogP contribution in [0.25, 0.3) is 0 Å². The second-order valence-electron chi connectivity index (χ2n) is 6.55. The Labute approximate surface area is 166 Å². The third-order valence-corrected chi connectivity index (χ3v) is 5.38. The molecule has 3 heterocycles. The van der Waals surface area contributed by atoms with E-state index in [4.69, 9.17) is 5.26 Å². The second kappa shape index (κ2) is 8.33. The van der Waals surface area contributed by atoms with Gasteiger partial charge in [-0.15, -0.1) is 11.3 Å². The van der Waals surface area contributed by atoms with E-state index < -0.39 is 0 Å². The first-order valence-corrected chi connectivity index (χ1v) is 9.87. The lowest BCUT2D eigenvalue weighted by Crippen LogP contribution is -2.46. The third kappa shape index (κ3) is 4.27. The highest BCUT2D eigenvalue weighted by Crippen LogP contribution is 2.23. The zero-order valence-corrected chi connectivity index (χ0v) is 16.0. The van der Waals surface area contributed by atoms with E-state index in [-0.39, 0.29) is 5.82 Å². The lowest BCUT2D eigenvalue weighted by Gasteiger charge is -2.36. The molecule has 0 amide bonds. The number of pyridine rings is 1. The highest BCUT2D eigenvalue weighted by molar-refractivity contribution is 7.13. The molecule has 142 valence electrons. The molecule has 0 aliphatic carbocycles. The summed E-state index contributed by atoms with van der Waals surface area (Å²) in [6.07, 6.45) is 3.56. The van der Waals surface area contributed by atoms with Crippen molar-refractivity contribution in [3.05, 3.63) is 65.0 Å². The molecule has 2 aromatic heterocycles. The SMILES string of the molecule is N#Cc1ccc(N2CCN(Cc3ccnc(Nc4nccs4)c3)CC2)c(F)c1. The lowest BCUT2D eigenvalue weighted by molar-refractivity contribution is 0.249. The van der Waals surface area contributed by atoms with Gasteiger partial charge in [-0.25, -0.2) is 14.4 Å². The van der Waals surface area contributed by atoms with E-state index in [1.807, 2.05) is 28.5 Å². The number of anilines is 3. The Bertz CT molecular complexity index is 977. The molecule has 8 heteroatoms. The van der Waals surface area contributed by atoms with Crippen molar-refractivity contribution >= 4 is 28.0 Å². The first-order chi connectivity index (χ1) is 13.7. The Morgan fingerprint density at radius 3 is 2.68 bits per heavy atom. The van der Waals surface area contributed by atoms with E-state index in [1.54, 1.807) is 24.5 Å². The molecular formula is C20H19FN6S. The Morgan fingerprint density at radius 2 is 1.96 bits per heavy atom. The largest absolute Gasteiger partial charge is 0.367 e. The van der Waals surface area contributed by atoms with Crippen LogP contribution in [0.4, 0.5) is 21.0 Å². The maximum Gasteiger partial charge on any atom is 0.188 e. The number of benzene rings is 1. The molecule has 28 heavy (non-hydrogen) atoms. The van der Waals surface area contributed by atoms with Gasteiger partial charge >= 0.3 is 0 Å². The fourth-order valence-corrected chi connectivity index (χ4v) is 3.81. The number of rotatable bonds is 5. The van der Waals surface area contributed by atoms with Crippen LogP contribution in [0.3, 0.4) is 0 Å². The van der Waals surface area contributed by atoms with Gasteiger partial charge in [0.05, 0.1) is 17.3 Å². The summed E-state index contributed by atoms with van der Waals surface area (Å²) in [5.74, 6) is 0.449. The zero-order chi connectivity index (χ0) is 19.3. The van der Waals surface area contributed by atoms with Crippen molar-refractivity contribution in [1.29, 1.82) is 5.26 Å². The summed E-state index contributed by atoms with van der Waals surface area (Å²) in [5, 5.41) is 14.8. The summed E-state index contributed by atoms with van der Waals surface area (Å²) < 4.78 is 14.2. The van der Waals surface area contributed by atoms with Crippen molar-refractivity contribution in [3.8, 4) is 6.07 Å². The molecular weight excluding hydrogens is 375 g/mol. The van der Waals surface area contributed by atoms with Gasteiger partial charge < -0.3 is 10.2 Å². The molecule has 0 radical (unpaired) electrons. The van der Waals surface area contributed by atoms with Crippen LogP contribution in [-0.4, -0.2) is 41.0 Å². The topological polar surface area (TPSA) is 68.1 Å². The van der Waals surface area contributed by atoms with Crippen LogP contribution in [-0.2, 0) is 6.54 Å². The molecule has 0 spiro atoms. The molecule has 0 unspecified atom stereocenters. The smallest absolute Gasteiger partial charge is 0.188 e. The normalized spacial score (nSPS) is 14.6. The summed E-state index contributed by atoms with van der Waals surface area (Å²) in [4.78, 5) is 12.9. The van der Waals surface area contributed by atoms with Crippen molar-refractivity contribution in [3.63, 3.8) is 0 Å². The minimum atomic E-state index is -0.334. The van der Waals surface area contributed by atoms with Crippen molar-refractivity contribution in [2.75, 3.05) is 36.4 Å². The van der Waals surface area contributed by atoms with Gasteiger partial charge in [0.2, 0.25) is 0 Å². The first-order valence-electron chi connectivity index (χ1n) is 9.00. The van der Waals surface area contributed by atoms with Gasteiger partial charge in [0.15, 0.2) is 5.13 Å². The number of nitrogens with zero attached hydrogens (tertiary/aromatic N) is 5. The van der Waals surface area contributed by atoms with E-state index in [9.17, 15) is 4.39 Å².